The predicted octanol–water partition coefficient (Wildman–Crippen LogP) is 6.11. The van der Waals surface area contributed by atoms with Crippen molar-refractivity contribution in [2.45, 2.75) is 52.1 Å². The molecule has 0 aromatic heterocycles. The molecule has 1 amide bonds. The van der Waals surface area contributed by atoms with Crippen LogP contribution >= 0.6 is 11.6 Å². The number of alkyl halides is 2. The molecule has 3 aromatic rings. The number of nitrogens with zero attached hydrogens (tertiary/aromatic N) is 1. The van der Waals surface area contributed by atoms with Gasteiger partial charge in [-0.05, 0) is 38.0 Å². The van der Waals surface area contributed by atoms with Gasteiger partial charge in [-0.2, -0.15) is 8.78 Å². The zero-order chi connectivity index (χ0) is 26.3. The topological polar surface area (TPSA) is 96.3 Å². The number of hydrogen-bond acceptors (Lipinski definition) is 5. The van der Waals surface area contributed by atoms with Crippen molar-refractivity contribution in [3.8, 4) is 11.5 Å². The second-order valence-electron chi connectivity index (χ2n) is 8.60. The molecule has 4 rings (SSSR count). The summed E-state index contributed by atoms with van der Waals surface area (Å²) in [6, 6.07) is 10.8. The molecule has 0 fully saturated rings. The first-order chi connectivity index (χ1) is 17.1. The van der Waals surface area contributed by atoms with Crippen LogP contribution in [0.2, 0.25) is 5.02 Å². The van der Waals surface area contributed by atoms with Gasteiger partial charge in [0.25, 0.3) is 5.91 Å². The van der Waals surface area contributed by atoms with E-state index in [1.165, 1.54) is 24.3 Å². The molecule has 0 radical (unpaired) electrons. The lowest BCUT2D eigenvalue weighted by Gasteiger charge is -2.24. The van der Waals surface area contributed by atoms with Crippen LogP contribution in [0.25, 0.3) is 10.8 Å². The molecule has 7 nitrogen and oxygen atoms in total. The molecule has 2 unspecified atom stereocenters. The molecule has 3 aromatic carbocycles. The van der Waals surface area contributed by atoms with Crippen LogP contribution in [-0.2, 0) is 4.79 Å². The number of carboxylic acids is 1. The van der Waals surface area contributed by atoms with Gasteiger partial charge in [0.05, 0.1) is 33.9 Å². The number of hydrogen-bond donors (Lipinski definition) is 2. The Bertz CT molecular complexity index is 1350. The summed E-state index contributed by atoms with van der Waals surface area (Å²) in [5.41, 5.74) is 0.236. The second kappa shape index (κ2) is 9.91. The van der Waals surface area contributed by atoms with Crippen molar-refractivity contribution in [1.29, 1.82) is 0 Å². The number of carbonyl (C=O) groups excluding carboxylic acids is 1. The van der Waals surface area contributed by atoms with Crippen LogP contribution in [0.1, 0.15) is 60.8 Å². The van der Waals surface area contributed by atoms with E-state index in [-0.39, 0.29) is 44.8 Å². The van der Waals surface area contributed by atoms with Crippen LogP contribution in [0.15, 0.2) is 42.5 Å². The molecule has 1 aliphatic heterocycles. The van der Waals surface area contributed by atoms with Crippen LogP contribution in [0.4, 0.5) is 14.5 Å². The fourth-order valence-electron chi connectivity index (χ4n) is 4.52. The van der Waals surface area contributed by atoms with Crippen molar-refractivity contribution in [2.75, 3.05) is 4.90 Å². The van der Waals surface area contributed by atoms with E-state index in [4.69, 9.17) is 21.1 Å². The third-order valence-corrected chi connectivity index (χ3v) is 6.30. The Morgan fingerprint density at radius 3 is 2.28 bits per heavy atom. The van der Waals surface area contributed by atoms with Gasteiger partial charge in [-0.1, -0.05) is 48.9 Å². The number of anilines is 1. The van der Waals surface area contributed by atoms with Crippen molar-refractivity contribution in [2.24, 2.45) is 0 Å². The summed E-state index contributed by atoms with van der Waals surface area (Å²) in [6.45, 7) is 2.01. The van der Waals surface area contributed by atoms with Crippen LogP contribution < -0.4 is 14.4 Å². The summed E-state index contributed by atoms with van der Waals surface area (Å²) < 4.78 is 37.7. The number of benzene rings is 3. The Balaban J connectivity index is 1.93. The maximum atomic E-state index is 13.7. The molecular formula is C26H24ClF2NO6. The lowest BCUT2D eigenvalue weighted by Crippen LogP contribution is -2.28. The lowest BCUT2D eigenvalue weighted by molar-refractivity contribution is -0.138. The Hall–Kier alpha value is -3.43. The summed E-state index contributed by atoms with van der Waals surface area (Å²) in [7, 11) is 0. The molecule has 0 spiro atoms. The number of rotatable bonds is 8. The van der Waals surface area contributed by atoms with E-state index < -0.39 is 30.6 Å². The highest BCUT2D eigenvalue weighted by Gasteiger charge is 2.44. The zero-order valence-corrected chi connectivity index (χ0v) is 20.4. The van der Waals surface area contributed by atoms with Crippen LogP contribution in [0, 0.1) is 0 Å². The van der Waals surface area contributed by atoms with Crippen LogP contribution in [0.5, 0.6) is 11.5 Å². The van der Waals surface area contributed by atoms with Crippen molar-refractivity contribution in [1.82, 2.24) is 0 Å². The molecular weight excluding hydrogens is 496 g/mol. The molecule has 2 atom stereocenters. The summed E-state index contributed by atoms with van der Waals surface area (Å²) in [5, 5.41) is 21.4. The van der Waals surface area contributed by atoms with Crippen molar-refractivity contribution < 1.29 is 38.1 Å². The lowest BCUT2D eigenvalue weighted by atomic mass is 9.96. The SMILES string of the molecule is CCC(C(=O)O)c1ccc(N2C(=O)c3c(c(OC(C)C)c4ccccc4c3OC(F)F)C2O)c(Cl)c1. The third-order valence-electron chi connectivity index (χ3n) is 5.99. The third kappa shape index (κ3) is 4.33. The van der Waals surface area contributed by atoms with E-state index in [1.807, 2.05) is 0 Å². The Morgan fingerprint density at radius 1 is 1.11 bits per heavy atom. The monoisotopic (exact) mass is 519 g/mol. The molecule has 0 saturated carbocycles. The largest absolute Gasteiger partial charge is 0.490 e. The fourth-order valence-corrected chi connectivity index (χ4v) is 4.80. The standard InChI is InChI=1S/C26H24ClF2NO6/c1-4-14(25(33)34)13-9-10-18(17(27)11-13)30-23(31)19-20(24(30)32)22(36-26(28)29)16-8-6-5-7-15(16)21(19)35-12(2)3/h5-12,14,23,26,31H,4H2,1-3H3,(H,33,34). The fraction of sp³-hybridized carbons (Fsp3) is 0.308. The number of fused-ring (bicyclic) bond motifs is 2. The number of ether oxygens (including phenoxy) is 2. The summed E-state index contributed by atoms with van der Waals surface area (Å²) in [6.07, 6.45) is -1.67. The molecule has 10 heteroatoms. The van der Waals surface area contributed by atoms with E-state index in [0.29, 0.717) is 17.4 Å². The Kier molecular flexibility index (Phi) is 7.06. The molecule has 2 N–H and O–H groups in total. The van der Waals surface area contributed by atoms with E-state index >= 15 is 0 Å². The molecule has 0 aliphatic carbocycles. The Morgan fingerprint density at radius 2 is 1.75 bits per heavy atom. The van der Waals surface area contributed by atoms with Gasteiger partial charge in [-0.15, -0.1) is 0 Å². The van der Waals surface area contributed by atoms with Gasteiger partial charge < -0.3 is 19.7 Å². The van der Waals surface area contributed by atoms with Gasteiger partial charge in [0.2, 0.25) is 0 Å². The molecule has 36 heavy (non-hydrogen) atoms. The number of carboxylic acid groups (broad SMARTS) is 1. The first-order valence-electron chi connectivity index (χ1n) is 11.3. The summed E-state index contributed by atoms with van der Waals surface area (Å²) in [4.78, 5) is 26.2. The maximum Gasteiger partial charge on any atom is 0.387 e. The van der Waals surface area contributed by atoms with Gasteiger partial charge in [0.15, 0.2) is 6.23 Å². The average molecular weight is 520 g/mol. The summed E-state index contributed by atoms with van der Waals surface area (Å²) in [5.74, 6) is -2.85. The van der Waals surface area contributed by atoms with Gasteiger partial charge in [0.1, 0.15) is 11.5 Å². The zero-order valence-electron chi connectivity index (χ0n) is 19.7. The molecule has 0 saturated heterocycles. The highest BCUT2D eigenvalue weighted by molar-refractivity contribution is 6.34. The van der Waals surface area contributed by atoms with Gasteiger partial charge in [-0.25, -0.2) is 0 Å². The molecule has 1 heterocycles. The van der Waals surface area contributed by atoms with E-state index in [1.54, 1.807) is 39.0 Å². The van der Waals surface area contributed by atoms with Crippen LogP contribution in [0.3, 0.4) is 0 Å². The van der Waals surface area contributed by atoms with Gasteiger partial charge >= 0.3 is 12.6 Å². The van der Waals surface area contributed by atoms with Gasteiger partial charge in [0, 0.05) is 10.8 Å². The number of aliphatic hydroxyl groups is 1. The highest BCUT2D eigenvalue weighted by atomic mass is 35.5. The smallest absolute Gasteiger partial charge is 0.387 e. The number of carbonyl (C=O) groups is 2. The number of amides is 1. The first kappa shape index (κ1) is 25.7. The van der Waals surface area contributed by atoms with Crippen molar-refractivity contribution in [3.05, 3.63) is 64.2 Å². The number of aliphatic hydroxyl groups excluding tert-OH is 1. The summed E-state index contributed by atoms with van der Waals surface area (Å²) >= 11 is 6.46. The second-order valence-corrected chi connectivity index (χ2v) is 9.00. The quantitative estimate of drug-likeness (QED) is 0.372. The van der Waals surface area contributed by atoms with Gasteiger partial charge in [-0.3, -0.25) is 14.5 Å². The number of halogens is 3. The molecule has 0 bridgehead atoms. The Labute approximate surface area is 210 Å². The molecule has 190 valence electrons. The van der Waals surface area contributed by atoms with Crippen molar-refractivity contribution >= 4 is 39.9 Å². The maximum absolute atomic E-state index is 13.7. The van der Waals surface area contributed by atoms with Crippen molar-refractivity contribution in [3.63, 3.8) is 0 Å². The minimum absolute atomic E-state index is 0.0135. The predicted molar refractivity (Wildman–Crippen MR) is 130 cm³/mol. The molecule has 1 aliphatic rings. The van der Waals surface area contributed by atoms with E-state index in [9.17, 15) is 28.6 Å². The normalized spacial score (nSPS) is 16.1. The first-order valence-corrected chi connectivity index (χ1v) is 11.7. The highest BCUT2D eigenvalue weighted by Crippen LogP contribution is 2.51. The average Bonchev–Trinajstić information content (AvgIpc) is 3.06. The van der Waals surface area contributed by atoms with E-state index in [0.717, 1.165) is 4.90 Å². The van der Waals surface area contributed by atoms with Crippen LogP contribution in [-0.4, -0.2) is 34.8 Å². The minimum atomic E-state index is -3.22. The number of aliphatic carboxylic acids is 1. The van der Waals surface area contributed by atoms with E-state index in [2.05, 4.69) is 0 Å². The minimum Gasteiger partial charge on any atom is -0.490 e.